The number of nitrogens with zero attached hydrogens (tertiary/aromatic N) is 3. The maximum Gasteiger partial charge on any atom is 0.416 e. The molecule has 1 aliphatic rings. The molecule has 0 aliphatic carbocycles. The molecule has 3 atom stereocenters. The Bertz CT molecular complexity index is 1540. The van der Waals surface area contributed by atoms with E-state index in [9.17, 15) is 24.3 Å². The van der Waals surface area contributed by atoms with Crippen LogP contribution in [0.3, 0.4) is 0 Å². The number of anilines is 1. The summed E-state index contributed by atoms with van der Waals surface area (Å²) in [6.07, 6.45) is 0.925. The van der Waals surface area contributed by atoms with Crippen LogP contribution in [-0.4, -0.2) is 57.2 Å². The Balaban J connectivity index is 1.60. The number of carboxylic acid groups (broad SMARTS) is 1. The number of benzene rings is 2. The van der Waals surface area contributed by atoms with Gasteiger partial charge in [0.05, 0.1) is 25.6 Å². The number of nitrogens with one attached hydrogen (secondary N) is 1. The largest absolute Gasteiger partial charge is 0.497 e. The molecule has 0 spiro atoms. The number of carbonyl (C=O) groups excluding carboxylic acids is 3. The number of pyridine rings is 1. The summed E-state index contributed by atoms with van der Waals surface area (Å²) in [5.74, 6) is -1.92. The lowest BCUT2D eigenvalue weighted by Crippen LogP contribution is -2.77. The Morgan fingerprint density at radius 2 is 1.73 bits per heavy atom. The summed E-state index contributed by atoms with van der Waals surface area (Å²) >= 11 is 0. The van der Waals surface area contributed by atoms with Gasteiger partial charge in [0, 0.05) is 6.20 Å². The van der Waals surface area contributed by atoms with E-state index >= 15 is 0 Å². The number of hydrogen-bond donors (Lipinski definition) is 2. The standard InChI is InChI=1S/C34H40N4O7/c1-7-34(30(40)41)27(29(39)38(34)31(42)36-22(2)25-11-9-8-10-12-25)19-24-17-18-35-28(20-24)37(32(43)45-33(3,4)5)21-23-13-15-26(44-6)16-14-23/h8-18,20,22,27H,7,19,21H2,1-6H3,(H,36,42)(H,40,41)/t22-,27+,34+/m1/s1. The Morgan fingerprint density at radius 1 is 1.07 bits per heavy atom. The summed E-state index contributed by atoms with van der Waals surface area (Å²) < 4.78 is 10.9. The summed E-state index contributed by atoms with van der Waals surface area (Å²) in [5, 5.41) is 13.2. The van der Waals surface area contributed by atoms with Crippen molar-refractivity contribution < 1.29 is 33.8 Å². The minimum Gasteiger partial charge on any atom is -0.497 e. The number of imide groups is 1. The van der Waals surface area contributed by atoms with Gasteiger partial charge in [-0.2, -0.15) is 0 Å². The summed E-state index contributed by atoms with van der Waals surface area (Å²) in [7, 11) is 1.57. The number of carbonyl (C=O) groups is 4. The molecule has 1 saturated heterocycles. The SMILES string of the molecule is CC[C@@]1(C(=O)O)[C@@H](Cc2ccnc(N(Cc3ccc(OC)cc3)C(=O)OC(C)(C)C)c2)C(=O)N1C(=O)N[C@H](C)c1ccccc1. The second-order valence-corrected chi connectivity index (χ2v) is 12.0. The van der Waals surface area contributed by atoms with Gasteiger partial charge in [0.1, 0.15) is 17.2 Å². The van der Waals surface area contributed by atoms with Crippen LogP contribution in [0.1, 0.15) is 63.8 Å². The molecular weight excluding hydrogens is 576 g/mol. The van der Waals surface area contributed by atoms with E-state index in [1.165, 1.54) is 11.1 Å². The number of aromatic nitrogens is 1. The molecule has 0 bridgehead atoms. The Labute approximate surface area is 263 Å². The maximum atomic E-state index is 13.5. The zero-order valence-electron chi connectivity index (χ0n) is 26.4. The van der Waals surface area contributed by atoms with Gasteiger partial charge in [-0.25, -0.2) is 24.3 Å². The number of rotatable bonds is 10. The van der Waals surface area contributed by atoms with Crippen molar-refractivity contribution in [2.75, 3.05) is 12.0 Å². The minimum atomic E-state index is -1.74. The lowest BCUT2D eigenvalue weighted by atomic mass is 9.68. The smallest absolute Gasteiger partial charge is 0.416 e. The van der Waals surface area contributed by atoms with Crippen molar-refractivity contribution in [2.45, 2.75) is 71.2 Å². The first-order chi connectivity index (χ1) is 21.3. The lowest BCUT2D eigenvalue weighted by Gasteiger charge is -2.53. The molecule has 3 aromatic rings. The number of ether oxygens (including phenoxy) is 2. The van der Waals surface area contributed by atoms with Gasteiger partial charge in [-0.3, -0.25) is 9.69 Å². The topological polar surface area (TPSA) is 138 Å². The van der Waals surface area contributed by atoms with Gasteiger partial charge in [-0.1, -0.05) is 49.4 Å². The average molecular weight is 617 g/mol. The summed E-state index contributed by atoms with van der Waals surface area (Å²) in [5.41, 5.74) is -0.310. The van der Waals surface area contributed by atoms with Gasteiger partial charge >= 0.3 is 18.1 Å². The van der Waals surface area contributed by atoms with Gasteiger partial charge in [-0.05, 0) is 81.5 Å². The van der Waals surface area contributed by atoms with Crippen molar-refractivity contribution in [2.24, 2.45) is 5.92 Å². The molecule has 1 fully saturated rings. The first-order valence-electron chi connectivity index (χ1n) is 14.8. The molecule has 0 saturated carbocycles. The number of hydrogen-bond acceptors (Lipinski definition) is 7. The molecule has 0 radical (unpaired) electrons. The molecule has 2 N–H and O–H groups in total. The summed E-state index contributed by atoms with van der Waals surface area (Å²) in [6.45, 7) is 8.85. The van der Waals surface area contributed by atoms with Crippen molar-refractivity contribution in [3.63, 3.8) is 0 Å². The lowest BCUT2D eigenvalue weighted by molar-refractivity contribution is -0.181. The average Bonchev–Trinajstić information content (AvgIpc) is 3.00. The highest BCUT2D eigenvalue weighted by molar-refractivity contribution is 6.10. The van der Waals surface area contributed by atoms with Gasteiger partial charge < -0.3 is 19.9 Å². The first kappa shape index (κ1) is 33.0. The quantitative estimate of drug-likeness (QED) is 0.275. The van der Waals surface area contributed by atoms with Crippen LogP contribution in [0.2, 0.25) is 0 Å². The maximum absolute atomic E-state index is 13.5. The zero-order chi connectivity index (χ0) is 32.9. The van der Waals surface area contributed by atoms with E-state index in [0.29, 0.717) is 11.3 Å². The molecule has 11 nitrogen and oxygen atoms in total. The minimum absolute atomic E-state index is 0.0192. The molecule has 11 heteroatoms. The highest BCUT2D eigenvalue weighted by Gasteiger charge is 2.66. The second-order valence-electron chi connectivity index (χ2n) is 12.0. The normalized spacial score (nSPS) is 18.4. The van der Waals surface area contributed by atoms with Crippen LogP contribution in [0.5, 0.6) is 5.75 Å². The van der Waals surface area contributed by atoms with E-state index in [2.05, 4.69) is 10.3 Å². The predicted molar refractivity (Wildman–Crippen MR) is 168 cm³/mol. The Morgan fingerprint density at radius 3 is 2.31 bits per heavy atom. The number of methoxy groups -OCH3 is 1. The van der Waals surface area contributed by atoms with Gasteiger partial charge in [0.15, 0.2) is 5.54 Å². The highest BCUT2D eigenvalue weighted by atomic mass is 16.6. The molecule has 45 heavy (non-hydrogen) atoms. The molecule has 238 valence electrons. The molecule has 2 aromatic carbocycles. The van der Waals surface area contributed by atoms with Gasteiger partial charge in [-0.15, -0.1) is 0 Å². The Kier molecular flexibility index (Phi) is 9.80. The van der Waals surface area contributed by atoms with Gasteiger partial charge in [0.2, 0.25) is 5.91 Å². The third-order valence-electron chi connectivity index (χ3n) is 7.89. The van der Waals surface area contributed by atoms with Crippen LogP contribution in [0.15, 0.2) is 72.9 Å². The molecule has 4 rings (SSSR count). The number of likely N-dealkylation sites (tertiary alicyclic amines) is 1. The third-order valence-corrected chi connectivity index (χ3v) is 7.89. The fourth-order valence-corrected chi connectivity index (χ4v) is 5.50. The molecule has 1 aliphatic heterocycles. The molecule has 0 unspecified atom stereocenters. The van der Waals surface area contributed by atoms with Gasteiger partial charge in [0.25, 0.3) is 0 Å². The Hall–Kier alpha value is -4.93. The van der Waals surface area contributed by atoms with E-state index in [-0.39, 0.29) is 25.2 Å². The number of β-lactam (4-membered cyclic amide) rings is 1. The van der Waals surface area contributed by atoms with Crippen LogP contribution in [0.25, 0.3) is 0 Å². The third kappa shape index (κ3) is 7.08. The van der Waals surface area contributed by atoms with Crippen molar-refractivity contribution in [3.05, 3.63) is 89.6 Å². The van der Waals surface area contributed by atoms with Crippen LogP contribution < -0.4 is 15.0 Å². The molecule has 4 amide bonds. The molecule has 1 aromatic heterocycles. The van der Waals surface area contributed by atoms with Crippen LogP contribution in [0.4, 0.5) is 15.4 Å². The first-order valence-corrected chi connectivity index (χ1v) is 14.8. The molecule has 2 heterocycles. The van der Waals surface area contributed by atoms with Crippen molar-refractivity contribution in [3.8, 4) is 5.75 Å². The number of carboxylic acids is 1. The summed E-state index contributed by atoms with van der Waals surface area (Å²) in [4.78, 5) is 59.5. The van der Waals surface area contributed by atoms with E-state index in [1.807, 2.05) is 42.5 Å². The van der Waals surface area contributed by atoms with E-state index in [1.54, 1.807) is 66.0 Å². The van der Waals surface area contributed by atoms with E-state index in [4.69, 9.17) is 9.47 Å². The number of urea groups is 1. The predicted octanol–water partition coefficient (Wildman–Crippen LogP) is 5.74. The van der Waals surface area contributed by atoms with Crippen LogP contribution >= 0.6 is 0 Å². The number of aliphatic carboxylic acids is 1. The number of amides is 4. The zero-order valence-corrected chi connectivity index (χ0v) is 26.4. The fourth-order valence-electron chi connectivity index (χ4n) is 5.50. The van der Waals surface area contributed by atoms with Crippen LogP contribution in [0, 0.1) is 5.92 Å². The van der Waals surface area contributed by atoms with Crippen molar-refractivity contribution in [1.29, 1.82) is 0 Å². The highest BCUT2D eigenvalue weighted by Crippen LogP contribution is 2.43. The van der Waals surface area contributed by atoms with Crippen molar-refractivity contribution >= 4 is 29.8 Å². The summed E-state index contributed by atoms with van der Waals surface area (Å²) in [6, 6.07) is 18.5. The second kappa shape index (κ2) is 13.4. The van der Waals surface area contributed by atoms with Crippen molar-refractivity contribution in [1.82, 2.24) is 15.2 Å². The molecular formula is C34H40N4O7. The monoisotopic (exact) mass is 616 g/mol. The fraction of sp³-hybridized carbons (Fsp3) is 0.382. The van der Waals surface area contributed by atoms with E-state index < -0.39 is 47.1 Å². The van der Waals surface area contributed by atoms with E-state index in [0.717, 1.165) is 16.0 Å². The van der Waals surface area contributed by atoms with Crippen LogP contribution in [-0.2, 0) is 27.3 Å².